The van der Waals surface area contributed by atoms with Crippen LogP contribution in [0.1, 0.15) is 30.1 Å². The van der Waals surface area contributed by atoms with Crippen LogP contribution in [0.2, 0.25) is 0 Å². The van der Waals surface area contributed by atoms with E-state index in [-0.39, 0.29) is 25.3 Å². The Morgan fingerprint density at radius 2 is 2.03 bits per heavy atom. The summed E-state index contributed by atoms with van der Waals surface area (Å²) in [6, 6.07) is 11.2. The van der Waals surface area contributed by atoms with E-state index in [1.165, 1.54) is 5.56 Å². The summed E-state index contributed by atoms with van der Waals surface area (Å²) in [7, 11) is 1.67. The number of amides is 1. The number of carbonyl (C=O) groups is 1. The van der Waals surface area contributed by atoms with Crippen LogP contribution in [0.25, 0.3) is 10.9 Å². The molecule has 1 atom stereocenters. The summed E-state index contributed by atoms with van der Waals surface area (Å²) in [5, 5.41) is 4.27. The van der Waals surface area contributed by atoms with Crippen LogP contribution in [0.3, 0.4) is 0 Å². The second kappa shape index (κ2) is 7.24. The summed E-state index contributed by atoms with van der Waals surface area (Å²) in [6.45, 7) is 0.152. The van der Waals surface area contributed by atoms with Gasteiger partial charge in [-0.25, -0.2) is 0 Å². The first kappa shape index (κ1) is 17.7. The van der Waals surface area contributed by atoms with Crippen LogP contribution in [0, 0.1) is 0 Å². The predicted octanol–water partition coefficient (Wildman–Crippen LogP) is 3.48. The number of benzene rings is 2. The fourth-order valence-corrected chi connectivity index (χ4v) is 4.06. The highest BCUT2D eigenvalue weighted by Crippen LogP contribution is 2.37. The number of methoxy groups -OCH3 is 1. The second-order valence-electron chi connectivity index (χ2n) is 7.24. The van der Waals surface area contributed by atoms with Crippen LogP contribution in [0.5, 0.6) is 23.0 Å². The van der Waals surface area contributed by atoms with E-state index < -0.39 is 0 Å². The summed E-state index contributed by atoms with van der Waals surface area (Å²) >= 11 is 0. The van der Waals surface area contributed by atoms with Crippen molar-refractivity contribution < 1.29 is 23.7 Å². The Bertz CT molecular complexity index is 1070. The number of hydrogen-bond acceptors (Lipinski definition) is 5. The Hall–Kier alpha value is -3.35. The van der Waals surface area contributed by atoms with Crippen molar-refractivity contribution in [3.8, 4) is 23.0 Å². The molecule has 2 N–H and O–H groups in total. The van der Waals surface area contributed by atoms with E-state index in [1.807, 2.05) is 12.1 Å². The van der Waals surface area contributed by atoms with Gasteiger partial charge in [-0.05, 0) is 55.2 Å². The number of aromatic amines is 1. The molecule has 2 heterocycles. The molecular weight excluding hydrogens is 372 g/mol. The molecule has 150 valence electrons. The highest BCUT2D eigenvalue weighted by atomic mass is 16.7. The lowest BCUT2D eigenvalue weighted by Crippen LogP contribution is -2.34. The standard InChI is InChI=1S/C22H22N2O5/c1-26-13-5-7-17-16(9-13)15-3-2-4-18(22(15)24-17)23-21(25)11-27-14-6-8-19-20(10-14)29-12-28-19/h5-10,18,24H,2-4,11-12H2,1H3,(H,23,25). The third-order valence-corrected chi connectivity index (χ3v) is 5.46. The predicted molar refractivity (Wildman–Crippen MR) is 107 cm³/mol. The Balaban J connectivity index is 1.28. The van der Waals surface area contributed by atoms with E-state index in [0.717, 1.165) is 41.6 Å². The van der Waals surface area contributed by atoms with Crippen LogP contribution in [-0.4, -0.2) is 31.4 Å². The molecule has 1 aliphatic carbocycles. The van der Waals surface area contributed by atoms with Gasteiger partial charge in [0.2, 0.25) is 6.79 Å². The molecule has 3 aromatic rings. The third kappa shape index (κ3) is 3.33. The zero-order chi connectivity index (χ0) is 19.8. The van der Waals surface area contributed by atoms with Crippen molar-refractivity contribution in [1.82, 2.24) is 10.3 Å². The first-order valence-electron chi connectivity index (χ1n) is 9.71. The highest BCUT2D eigenvalue weighted by Gasteiger charge is 2.26. The average molecular weight is 394 g/mol. The minimum Gasteiger partial charge on any atom is -0.497 e. The smallest absolute Gasteiger partial charge is 0.258 e. The Morgan fingerprint density at radius 1 is 1.17 bits per heavy atom. The zero-order valence-corrected chi connectivity index (χ0v) is 16.1. The van der Waals surface area contributed by atoms with Gasteiger partial charge in [-0.1, -0.05) is 0 Å². The molecule has 1 amide bonds. The number of hydrogen-bond donors (Lipinski definition) is 2. The maximum atomic E-state index is 12.5. The monoisotopic (exact) mass is 394 g/mol. The number of rotatable bonds is 5. The lowest BCUT2D eigenvalue weighted by atomic mass is 9.91. The fraction of sp³-hybridized carbons (Fsp3) is 0.318. The number of carbonyl (C=O) groups excluding carboxylic acids is 1. The van der Waals surface area contributed by atoms with Crippen molar-refractivity contribution in [1.29, 1.82) is 0 Å². The van der Waals surface area contributed by atoms with Gasteiger partial charge in [0.05, 0.1) is 13.2 Å². The van der Waals surface area contributed by atoms with E-state index in [1.54, 1.807) is 25.3 Å². The van der Waals surface area contributed by atoms with Crippen molar-refractivity contribution in [3.63, 3.8) is 0 Å². The lowest BCUT2D eigenvalue weighted by molar-refractivity contribution is -0.124. The van der Waals surface area contributed by atoms with Gasteiger partial charge in [0.15, 0.2) is 18.1 Å². The largest absolute Gasteiger partial charge is 0.497 e. The molecule has 2 aliphatic rings. The van der Waals surface area contributed by atoms with Crippen molar-refractivity contribution in [2.75, 3.05) is 20.5 Å². The third-order valence-electron chi connectivity index (χ3n) is 5.46. The molecule has 7 heteroatoms. The molecule has 1 unspecified atom stereocenters. The second-order valence-corrected chi connectivity index (χ2v) is 7.24. The van der Waals surface area contributed by atoms with Gasteiger partial charge < -0.3 is 29.2 Å². The SMILES string of the molecule is COc1ccc2[nH]c3c(c2c1)CCCC3NC(=O)COc1ccc2c(c1)OCO2. The van der Waals surface area contributed by atoms with Gasteiger partial charge in [0.25, 0.3) is 5.91 Å². The van der Waals surface area contributed by atoms with E-state index in [0.29, 0.717) is 17.2 Å². The summed E-state index contributed by atoms with van der Waals surface area (Å²) < 4.78 is 21.6. The lowest BCUT2D eigenvalue weighted by Gasteiger charge is -2.24. The molecule has 0 saturated heterocycles. The summed E-state index contributed by atoms with van der Waals surface area (Å²) in [4.78, 5) is 16.0. The molecule has 5 rings (SSSR count). The number of fused-ring (bicyclic) bond motifs is 4. The van der Waals surface area contributed by atoms with Crippen LogP contribution in [0.4, 0.5) is 0 Å². The Kier molecular flexibility index (Phi) is 4.42. The van der Waals surface area contributed by atoms with Crippen molar-refractivity contribution in [3.05, 3.63) is 47.7 Å². The fourth-order valence-electron chi connectivity index (χ4n) is 4.06. The van der Waals surface area contributed by atoms with Gasteiger partial charge >= 0.3 is 0 Å². The van der Waals surface area contributed by atoms with Crippen LogP contribution in [-0.2, 0) is 11.2 Å². The number of aryl methyl sites for hydroxylation is 1. The van der Waals surface area contributed by atoms with Crippen LogP contribution >= 0.6 is 0 Å². The first-order valence-corrected chi connectivity index (χ1v) is 9.71. The Morgan fingerprint density at radius 3 is 2.93 bits per heavy atom. The van der Waals surface area contributed by atoms with E-state index in [4.69, 9.17) is 18.9 Å². The van der Waals surface area contributed by atoms with Crippen molar-refractivity contribution >= 4 is 16.8 Å². The van der Waals surface area contributed by atoms with E-state index in [9.17, 15) is 4.79 Å². The van der Waals surface area contributed by atoms with Gasteiger partial charge in [-0.2, -0.15) is 0 Å². The summed E-state index contributed by atoms with van der Waals surface area (Å²) in [5.74, 6) is 2.58. The maximum absolute atomic E-state index is 12.5. The van der Waals surface area contributed by atoms with E-state index in [2.05, 4.69) is 16.4 Å². The van der Waals surface area contributed by atoms with Gasteiger partial charge in [-0.15, -0.1) is 0 Å². The normalized spacial score (nSPS) is 17.1. The number of aromatic nitrogens is 1. The molecule has 29 heavy (non-hydrogen) atoms. The van der Waals surface area contributed by atoms with Gasteiger partial charge in [0.1, 0.15) is 11.5 Å². The van der Waals surface area contributed by atoms with Crippen molar-refractivity contribution in [2.24, 2.45) is 0 Å². The topological polar surface area (TPSA) is 81.8 Å². The van der Waals surface area contributed by atoms with Crippen LogP contribution < -0.4 is 24.3 Å². The molecule has 0 fully saturated rings. The van der Waals surface area contributed by atoms with Crippen LogP contribution in [0.15, 0.2) is 36.4 Å². The molecule has 0 saturated carbocycles. The van der Waals surface area contributed by atoms with Gasteiger partial charge in [-0.3, -0.25) is 4.79 Å². The minimum absolute atomic E-state index is 0.0509. The molecule has 0 bridgehead atoms. The molecular formula is C22H22N2O5. The molecule has 0 spiro atoms. The first-order chi connectivity index (χ1) is 14.2. The molecule has 2 aromatic carbocycles. The summed E-state index contributed by atoms with van der Waals surface area (Å²) in [5.41, 5.74) is 3.40. The summed E-state index contributed by atoms with van der Waals surface area (Å²) in [6.07, 6.45) is 2.90. The number of ether oxygens (including phenoxy) is 4. The van der Waals surface area contributed by atoms with E-state index >= 15 is 0 Å². The Labute approximate surface area is 167 Å². The van der Waals surface area contributed by atoms with Gasteiger partial charge in [0, 0.05) is 22.7 Å². The van der Waals surface area contributed by atoms with Crippen molar-refractivity contribution in [2.45, 2.75) is 25.3 Å². The minimum atomic E-state index is -0.156. The highest BCUT2D eigenvalue weighted by molar-refractivity contribution is 5.87. The molecule has 1 aliphatic heterocycles. The quantitative estimate of drug-likeness (QED) is 0.692. The molecule has 0 radical (unpaired) electrons. The maximum Gasteiger partial charge on any atom is 0.258 e. The number of nitrogens with one attached hydrogen (secondary N) is 2. The zero-order valence-electron chi connectivity index (χ0n) is 16.1. The molecule has 1 aromatic heterocycles. The average Bonchev–Trinajstić information content (AvgIpc) is 3.36. The number of H-pyrrole nitrogens is 1. The molecule has 7 nitrogen and oxygen atoms in total.